The molecule has 2 N–H and O–H groups in total. The molecule has 3 heteroatoms. The molecule has 0 unspecified atom stereocenters. The van der Waals surface area contributed by atoms with Gasteiger partial charge in [-0.05, 0) is 0 Å². The third-order valence-electron chi connectivity index (χ3n) is 0.980. The molecule has 3 radical (unpaired) electrons. The van der Waals surface area contributed by atoms with Gasteiger partial charge < -0.3 is 0 Å². The van der Waals surface area contributed by atoms with Gasteiger partial charge in [0.05, 0.1) is 0 Å². The Kier molecular flexibility index (Phi) is 1.66. The molecule has 0 atom stereocenters. The molecule has 0 aliphatic carbocycles. The molecule has 0 saturated heterocycles. The van der Waals surface area contributed by atoms with Gasteiger partial charge in [0.15, 0.2) is 0 Å². The quantitative estimate of drug-likeness (QED) is 0.433. The summed E-state index contributed by atoms with van der Waals surface area (Å²) >= 11 is 1.73. The molecule has 0 heterocycles. The van der Waals surface area contributed by atoms with Crippen molar-refractivity contribution in [1.82, 2.24) is 0 Å². The second kappa shape index (κ2) is 2.31. The Hall–Kier alpha value is -0.637. The van der Waals surface area contributed by atoms with Gasteiger partial charge in [0.2, 0.25) is 0 Å². The van der Waals surface area contributed by atoms with Crippen LogP contribution < -0.4 is 4.40 Å². The van der Waals surface area contributed by atoms with E-state index in [4.69, 9.17) is 10.2 Å². The molecule has 0 spiro atoms. The van der Waals surface area contributed by atoms with Gasteiger partial charge in [-0.25, -0.2) is 0 Å². The van der Waals surface area contributed by atoms with E-state index in [2.05, 4.69) is 0 Å². The molecule has 2 nitrogen and oxygen atoms in total. The van der Waals surface area contributed by atoms with E-state index < -0.39 is 0 Å². The van der Waals surface area contributed by atoms with Crippen molar-refractivity contribution >= 4 is 20.9 Å². The standard InChI is InChI=1S/C6H5GeO2/c7-5-3-4(8)1-2-6(5)9/h1-3,8-9H. The van der Waals surface area contributed by atoms with Crippen LogP contribution in [0, 0.1) is 0 Å². The minimum absolute atomic E-state index is 0.185. The van der Waals surface area contributed by atoms with E-state index >= 15 is 0 Å². The second-order valence-electron chi connectivity index (χ2n) is 1.70. The maximum atomic E-state index is 8.93. The van der Waals surface area contributed by atoms with E-state index in [1.54, 1.807) is 16.5 Å². The van der Waals surface area contributed by atoms with Crippen molar-refractivity contribution in [2.45, 2.75) is 0 Å². The van der Waals surface area contributed by atoms with Crippen LogP contribution in [-0.2, 0) is 0 Å². The number of benzene rings is 1. The molecule has 0 bridgehead atoms. The first-order chi connectivity index (χ1) is 4.20. The van der Waals surface area contributed by atoms with Crippen molar-refractivity contribution in [3.05, 3.63) is 18.2 Å². The maximum absolute atomic E-state index is 8.93. The zero-order valence-corrected chi connectivity index (χ0v) is 6.72. The van der Waals surface area contributed by atoms with E-state index in [1.807, 2.05) is 0 Å². The van der Waals surface area contributed by atoms with Crippen LogP contribution in [0.1, 0.15) is 0 Å². The van der Waals surface area contributed by atoms with Gasteiger partial charge in [-0.15, -0.1) is 0 Å². The molecule has 0 fully saturated rings. The van der Waals surface area contributed by atoms with Gasteiger partial charge in [-0.1, -0.05) is 0 Å². The van der Waals surface area contributed by atoms with Crippen molar-refractivity contribution in [1.29, 1.82) is 0 Å². The van der Waals surface area contributed by atoms with E-state index in [-0.39, 0.29) is 11.5 Å². The zero-order chi connectivity index (χ0) is 6.85. The van der Waals surface area contributed by atoms with Gasteiger partial charge in [-0.3, -0.25) is 0 Å². The molecule has 1 aromatic carbocycles. The van der Waals surface area contributed by atoms with Crippen LogP contribution in [0.5, 0.6) is 11.5 Å². The van der Waals surface area contributed by atoms with Gasteiger partial charge in [0.1, 0.15) is 0 Å². The predicted molar refractivity (Wildman–Crippen MR) is 35.2 cm³/mol. The monoisotopic (exact) mass is 183 g/mol. The number of phenols is 2. The van der Waals surface area contributed by atoms with E-state index in [0.29, 0.717) is 4.40 Å². The molecule has 9 heavy (non-hydrogen) atoms. The molecule has 0 amide bonds. The first-order valence-electron chi connectivity index (χ1n) is 2.44. The Labute approximate surface area is 61.4 Å². The molecule has 1 rings (SSSR count). The number of hydrogen-bond donors (Lipinski definition) is 2. The molecule has 0 aliphatic heterocycles. The van der Waals surface area contributed by atoms with Gasteiger partial charge in [0.25, 0.3) is 0 Å². The first-order valence-corrected chi connectivity index (χ1v) is 3.48. The van der Waals surface area contributed by atoms with Crippen molar-refractivity contribution in [3.8, 4) is 11.5 Å². The van der Waals surface area contributed by atoms with Gasteiger partial charge in [0, 0.05) is 0 Å². The SMILES string of the molecule is Oc1ccc(O)[c]([Ge])c1. The van der Waals surface area contributed by atoms with Crippen molar-refractivity contribution in [3.63, 3.8) is 0 Å². The summed E-state index contributed by atoms with van der Waals surface area (Å²) in [5.41, 5.74) is 0. The summed E-state index contributed by atoms with van der Waals surface area (Å²) in [7, 11) is 0. The van der Waals surface area contributed by atoms with Crippen molar-refractivity contribution in [2.24, 2.45) is 0 Å². The molecular weight excluding hydrogens is 177 g/mol. The summed E-state index contributed by atoms with van der Waals surface area (Å²) in [5.74, 6) is 0.401. The van der Waals surface area contributed by atoms with Crippen LogP contribution in [0.25, 0.3) is 0 Å². The summed E-state index contributed by atoms with van der Waals surface area (Å²) < 4.78 is 0.690. The van der Waals surface area contributed by atoms with Crippen LogP contribution in [0.15, 0.2) is 18.2 Å². The Bertz CT molecular complexity index is 222. The number of aromatic hydroxyl groups is 2. The summed E-state index contributed by atoms with van der Waals surface area (Å²) in [6.45, 7) is 0. The van der Waals surface area contributed by atoms with Crippen LogP contribution in [-0.4, -0.2) is 26.7 Å². The Balaban J connectivity index is 3.17. The second-order valence-corrected chi connectivity index (χ2v) is 2.83. The Morgan fingerprint density at radius 2 is 1.89 bits per heavy atom. The van der Waals surface area contributed by atoms with Crippen LogP contribution >= 0.6 is 0 Å². The van der Waals surface area contributed by atoms with Crippen molar-refractivity contribution in [2.75, 3.05) is 0 Å². The summed E-state index contributed by atoms with van der Waals surface area (Å²) in [6.07, 6.45) is 0. The fraction of sp³-hybridized carbons (Fsp3) is 0. The van der Waals surface area contributed by atoms with Crippen LogP contribution in [0.3, 0.4) is 0 Å². The minimum atomic E-state index is 0.185. The van der Waals surface area contributed by atoms with E-state index in [1.165, 1.54) is 18.2 Å². The first kappa shape index (κ1) is 6.48. The van der Waals surface area contributed by atoms with Gasteiger partial charge >= 0.3 is 60.8 Å². The zero-order valence-electron chi connectivity index (χ0n) is 4.63. The van der Waals surface area contributed by atoms with E-state index in [9.17, 15) is 0 Å². The fourth-order valence-electron chi connectivity index (χ4n) is 0.524. The fourth-order valence-corrected chi connectivity index (χ4v) is 1.01. The van der Waals surface area contributed by atoms with Crippen LogP contribution in [0.4, 0.5) is 0 Å². The number of rotatable bonds is 0. The average Bonchev–Trinajstić information content (AvgIpc) is 1.80. The molecule has 0 aromatic heterocycles. The Morgan fingerprint density at radius 1 is 1.22 bits per heavy atom. The summed E-state index contributed by atoms with van der Waals surface area (Å²) in [4.78, 5) is 0. The molecule has 45 valence electrons. The molecule has 1 aromatic rings. The molecule has 0 aliphatic rings. The van der Waals surface area contributed by atoms with Crippen molar-refractivity contribution < 1.29 is 10.2 Å². The number of hydrogen-bond acceptors (Lipinski definition) is 2. The third-order valence-corrected chi connectivity index (χ3v) is 1.82. The average molecular weight is 182 g/mol. The predicted octanol–water partition coefficient (Wildman–Crippen LogP) is -0.108. The normalized spacial score (nSPS) is 9.44. The molecule has 0 saturated carbocycles. The topological polar surface area (TPSA) is 40.5 Å². The van der Waals surface area contributed by atoms with E-state index in [0.717, 1.165) is 0 Å². The number of phenolic OH excluding ortho intramolecular Hbond substituents is 2. The summed E-state index contributed by atoms with van der Waals surface area (Å²) in [6, 6.07) is 4.42. The van der Waals surface area contributed by atoms with Gasteiger partial charge in [-0.2, -0.15) is 0 Å². The third kappa shape index (κ3) is 1.39. The van der Waals surface area contributed by atoms with Crippen LogP contribution in [0.2, 0.25) is 0 Å². The summed E-state index contributed by atoms with van der Waals surface area (Å²) in [5, 5.41) is 17.8. The molecular formula is C6H5GeO2. The Morgan fingerprint density at radius 3 is 2.33 bits per heavy atom.